The molecule has 1 aromatic rings. The van der Waals surface area contributed by atoms with E-state index >= 15 is 0 Å². The third-order valence-corrected chi connectivity index (χ3v) is 5.29. The first-order valence-corrected chi connectivity index (χ1v) is 9.39. The van der Waals surface area contributed by atoms with Crippen molar-refractivity contribution >= 4 is 35.9 Å². The van der Waals surface area contributed by atoms with Crippen LogP contribution in [0.2, 0.25) is 0 Å². The minimum Gasteiger partial charge on any atom is -0.469 e. The molecule has 0 radical (unpaired) electrons. The van der Waals surface area contributed by atoms with Crippen molar-refractivity contribution in [3.8, 4) is 0 Å². The number of piperidine rings is 1. The highest BCUT2D eigenvalue weighted by Gasteiger charge is 2.38. The summed E-state index contributed by atoms with van der Waals surface area (Å²) >= 11 is 0. The molecule has 0 aromatic heterocycles. The minimum absolute atomic E-state index is 0. The normalized spacial score (nSPS) is 23.2. The quantitative estimate of drug-likeness (QED) is 0.310. The number of esters is 1. The van der Waals surface area contributed by atoms with E-state index in [1.807, 2.05) is 0 Å². The zero-order chi connectivity index (χ0) is 17.6. The molecule has 1 saturated heterocycles. The Balaban J connectivity index is 0.00000243. The second-order valence-corrected chi connectivity index (χ2v) is 6.99. The number of guanidine groups is 1. The fraction of sp³-hybridized carbons (Fsp3) is 0.600. The zero-order valence-corrected chi connectivity index (χ0v) is 18.0. The standard InChI is InChI=1S/C20H29N3O2.HI/c1-3-21-20(23-11-9-16(10-12-23)19(24)25-2)22-14-17-13-18(17)15-7-5-4-6-8-15;/h4-8,16-18H,3,9-14H2,1-2H3,(H,21,22);1H. The topological polar surface area (TPSA) is 53.9 Å². The Labute approximate surface area is 173 Å². The zero-order valence-electron chi connectivity index (χ0n) is 15.7. The molecule has 2 aliphatic rings. The molecule has 3 rings (SSSR count). The van der Waals surface area contributed by atoms with Gasteiger partial charge in [-0.3, -0.25) is 9.79 Å². The van der Waals surface area contributed by atoms with E-state index in [1.54, 1.807) is 0 Å². The lowest BCUT2D eigenvalue weighted by Crippen LogP contribution is -2.46. The minimum atomic E-state index is -0.0785. The summed E-state index contributed by atoms with van der Waals surface area (Å²) in [6.07, 6.45) is 2.91. The highest BCUT2D eigenvalue weighted by atomic mass is 127. The van der Waals surface area contributed by atoms with Gasteiger partial charge in [0.15, 0.2) is 5.96 Å². The largest absolute Gasteiger partial charge is 0.469 e. The number of methoxy groups -OCH3 is 1. The Hall–Kier alpha value is -1.31. The Morgan fingerprint density at radius 2 is 1.96 bits per heavy atom. The van der Waals surface area contributed by atoms with Crippen LogP contribution in [-0.2, 0) is 9.53 Å². The maximum Gasteiger partial charge on any atom is 0.308 e. The van der Waals surface area contributed by atoms with Crippen molar-refractivity contribution in [3.63, 3.8) is 0 Å². The summed E-state index contributed by atoms with van der Waals surface area (Å²) in [4.78, 5) is 18.8. The number of rotatable bonds is 5. The maximum absolute atomic E-state index is 11.7. The Morgan fingerprint density at radius 3 is 2.58 bits per heavy atom. The van der Waals surface area contributed by atoms with E-state index in [-0.39, 0.29) is 35.9 Å². The molecule has 0 amide bonds. The van der Waals surface area contributed by atoms with Gasteiger partial charge in [-0.15, -0.1) is 24.0 Å². The molecule has 1 saturated carbocycles. The van der Waals surface area contributed by atoms with Crippen LogP contribution in [-0.4, -0.2) is 50.1 Å². The number of halogens is 1. The first-order valence-electron chi connectivity index (χ1n) is 9.39. The SMILES string of the molecule is CCNC(=NCC1CC1c1ccccc1)N1CCC(C(=O)OC)CC1.I. The molecule has 6 heteroatoms. The molecule has 144 valence electrons. The highest BCUT2D eigenvalue weighted by Crippen LogP contribution is 2.47. The lowest BCUT2D eigenvalue weighted by atomic mass is 9.97. The number of hydrogen-bond acceptors (Lipinski definition) is 3. The molecule has 1 heterocycles. The summed E-state index contributed by atoms with van der Waals surface area (Å²) in [5.74, 6) is 2.27. The molecule has 0 spiro atoms. The first kappa shape index (κ1) is 21.0. The van der Waals surface area contributed by atoms with E-state index in [1.165, 1.54) is 19.1 Å². The second kappa shape index (κ2) is 10.1. The van der Waals surface area contributed by atoms with Crippen LogP contribution in [0.5, 0.6) is 0 Å². The summed E-state index contributed by atoms with van der Waals surface area (Å²) in [7, 11) is 1.47. The fourth-order valence-corrected chi connectivity index (χ4v) is 3.68. The van der Waals surface area contributed by atoms with Crippen LogP contribution in [0.25, 0.3) is 0 Å². The molecule has 1 aliphatic heterocycles. The average Bonchev–Trinajstić information content (AvgIpc) is 3.45. The van der Waals surface area contributed by atoms with Gasteiger partial charge in [0.05, 0.1) is 13.0 Å². The second-order valence-electron chi connectivity index (χ2n) is 6.99. The van der Waals surface area contributed by atoms with Gasteiger partial charge in [0.2, 0.25) is 0 Å². The van der Waals surface area contributed by atoms with Gasteiger partial charge in [0.1, 0.15) is 0 Å². The van der Waals surface area contributed by atoms with Gasteiger partial charge in [0.25, 0.3) is 0 Å². The lowest BCUT2D eigenvalue weighted by molar-refractivity contribution is -0.146. The number of likely N-dealkylation sites (tertiary alicyclic amines) is 1. The number of nitrogens with zero attached hydrogens (tertiary/aromatic N) is 2. The van der Waals surface area contributed by atoms with Crippen molar-refractivity contribution in [2.45, 2.75) is 32.1 Å². The Morgan fingerprint density at radius 1 is 1.27 bits per heavy atom. The summed E-state index contributed by atoms with van der Waals surface area (Å²) in [6, 6.07) is 10.7. The molecule has 1 aromatic carbocycles. The third-order valence-electron chi connectivity index (χ3n) is 5.29. The van der Waals surface area contributed by atoms with Crippen molar-refractivity contribution in [2.24, 2.45) is 16.8 Å². The molecule has 2 fully saturated rings. The van der Waals surface area contributed by atoms with Crippen molar-refractivity contribution in [1.82, 2.24) is 10.2 Å². The summed E-state index contributed by atoms with van der Waals surface area (Å²) in [5, 5.41) is 3.41. The van der Waals surface area contributed by atoms with E-state index in [2.05, 4.69) is 47.5 Å². The first-order chi connectivity index (χ1) is 12.2. The smallest absolute Gasteiger partial charge is 0.308 e. The molecular weight excluding hydrogens is 441 g/mol. The summed E-state index contributed by atoms with van der Waals surface area (Å²) in [5.41, 5.74) is 1.44. The van der Waals surface area contributed by atoms with Gasteiger partial charge in [-0.05, 0) is 43.6 Å². The molecule has 2 atom stereocenters. The van der Waals surface area contributed by atoms with Gasteiger partial charge < -0.3 is 15.0 Å². The summed E-state index contributed by atoms with van der Waals surface area (Å²) in [6.45, 7) is 5.55. The molecule has 0 bridgehead atoms. The van der Waals surface area contributed by atoms with Gasteiger partial charge in [-0.25, -0.2) is 0 Å². The third kappa shape index (κ3) is 5.34. The van der Waals surface area contributed by atoms with Gasteiger partial charge >= 0.3 is 5.97 Å². The lowest BCUT2D eigenvalue weighted by Gasteiger charge is -2.33. The number of ether oxygens (including phenoxy) is 1. The van der Waals surface area contributed by atoms with E-state index < -0.39 is 0 Å². The van der Waals surface area contributed by atoms with Crippen molar-refractivity contribution < 1.29 is 9.53 Å². The number of carbonyl (C=O) groups is 1. The van der Waals surface area contributed by atoms with Crippen molar-refractivity contribution in [1.29, 1.82) is 0 Å². The number of nitrogens with one attached hydrogen (secondary N) is 1. The van der Waals surface area contributed by atoms with Crippen LogP contribution < -0.4 is 5.32 Å². The molecule has 2 unspecified atom stereocenters. The number of benzene rings is 1. The number of hydrogen-bond donors (Lipinski definition) is 1. The van der Waals surface area contributed by atoms with Gasteiger partial charge in [0, 0.05) is 26.2 Å². The molecule has 1 aliphatic carbocycles. The molecule has 1 N–H and O–H groups in total. The van der Waals surface area contributed by atoms with Crippen LogP contribution in [0.3, 0.4) is 0 Å². The predicted molar refractivity (Wildman–Crippen MR) is 115 cm³/mol. The molecule has 26 heavy (non-hydrogen) atoms. The fourth-order valence-electron chi connectivity index (χ4n) is 3.68. The molecular formula is C20H30IN3O2. The van der Waals surface area contributed by atoms with Crippen LogP contribution in [0.15, 0.2) is 35.3 Å². The number of aliphatic imine (C=N–C) groups is 1. The molecule has 5 nitrogen and oxygen atoms in total. The van der Waals surface area contributed by atoms with Gasteiger partial charge in [-0.1, -0.05) is 30.3 Å². The van der Waals surface area contributed by atoms with Crippen LogP contribution in [0, 0.1) is 11.8 Å². The van der Waals surface area contributed by atoms with Crippen molar-refractivity contribution in [3.05, 3.63) is 35.9 Å². The average molecular weight is 471 g/mol. The van der Waals surface area contributed by atoms with E-state index in [0.717, 1.165) is 45.0 Å². The highest BCUT2D eigenvalue weighted by molar-refractivity contribution is 14.0. The Bertz CT molecular complexity index is 600. The maximum atomic E-state index is 11.7. The van der Waals surface area contributed by atoms with Crippen molar-refractivity contribution in [2.75, 3.05) is 33.3 Å². The number of carbonyl (C=O) groups excluding carboxylic acids is 1. The van der Waals surface area contributed by atoms with Crippen LogP contribution in [0.1, 0.15) is 37.7 Å². The van der Waals surface area contributed by atoms with E-state index in [9.17, 15) is 4.79 Å². The van der Waals surface area contributed by atoms with Crippen LogP contribution in [0.4, 0.5) is 0 Å². The monoisotopic (exact) mass is 471 g/mol. The Kier molecular flexibility index (Phi) is 8.18. The van der Waals surface area contributed by atoms with Gasteiger partial charge in [-0.2, -0.15) is 0 Å². The van der Waals surface area contributed by atoms with Crippen LogP contribution >= 0.6 is 24.0 Å². The van der Waals surface area contributed by atoms with E-state index in [4.69, 9.17) is 9.73 Å². The predicted octanol–water partition coefficient (Wildman–Crippen LogP) is 3.26. The van der Waals surface area contributed by atoms with E-state index in [0.29, 0.717) is 11.8 Å². The summed E-state index contributed by atoms with van der Waals surface area (Å²) < 4.78 is 4.87.